The Labute approximate surface area is 116 Å². The first-order valence-electron chi connectivity index (χ1n) is 7.10. The summed E-state index contributed by atoms with van der Waals surface area (Å²) in [6.45, 7) is 8.94. The van der Waals surface area contributed by atoms with Gasteiger partial charge in [0.2, 0.25) is 0 Å². The molecule has 0 radical (unpaired) electrons. The molecule has 0 saturated carbocycles. The van der Waals surface area contributed by atoms with Crippen LogP contribution in [0.1, 0.15) is 57.4 Å². The summed E-state index contributed by atoms with van der Waals surface area (Å²) in [6.07, 6.45) is 7.01. The van der Waals surface area contributed by atoms with Crippen LogP contribution in [0.5, 0.6) is 0 Å². The summed E-state index contributed by atoms with van der Waals surface area (Å²) in [6, 6.07) is 0.399. The minimum atomic E-state index is 0.399. The van der Waals surface area contributed by atoms with Gasteiger partial charge in [0.1, 0.15) is 0 Å². The molecule has 4 heteroatoms. The van der Waals surface area contributed by atoms with Crippen LogP contribution in [0.3, 0.4) is 0 Å². The van der Waals surface area contributed by atoms with Crippen LogP contribution in [0.25, 0.3) is 0 Å². The molecule has 1 N–H and O–H groups in total. The maximum absolute atomic E-state index is 4.60. The Balaban J connectivity index is 2.67. The van der Waals surface area contributed by atoms with E-state index in [9.17, 15) is 0 Å². The van der Waals surface area contributed by atoms with Gasteiger partial charge in [-0.3, -0.25) is 0 Å². The zero-order chi connectivity index (χ0) is 13.4. The van der Waals surface area contributed by atoms with Crippen molar-refractivity contribution in [3.05, 3.63) is 11.1 Å². The molecule has 1 heterocycles. The topological polar surface area (TPSA) is 28.2 Å². The lowest BCUT2D eigenvalue weighted by Gasteiger charge is -2.21. The molecule has 104 valence electrons. The fourth-order valence-electron chi connectivity index (χ4n) is 1.77. The number of unbranched alkanes of at least 4 members (excludes halogenated alkanes) is 2. The van der Waals surface area contributed by atoms with E-state index in [-0.39, 0.29) is 0 Å². The molecule has 0 bridgehead atoms. The molecular weight excluding hydrogens is 242 g/mol. The van der Waals surface area contributed by atoms with Crippen molar-refractivity contribution in [2.45, 2.75) is 52.5 Å². The van der Waals surface area contributed by atoms with Crippen molar-refractivity contribution in [2.24, 2.45) is 0 Å². The van der Waals surface area contributed by atoms with Crippen molar-refractivity contribution < 1.29 is 0 Å². The molecule has 1 unspecified atom stereocenters. The van der Waals surface area contributed by atoms with Gasteiger partial charge in [-0.05, 0) is 26.8 Å². The Hall–Kier alpha value is -0.610. The number of nitrogens with zero attached hydrogens (tertiary/aromatic N) is 2. The van der Waals surface area contributed by atoms with Crippen LogP contribution in [-0.4, -0.2) is 25.1 Å². The predicted octanol–water partition coefficient (Wildman–Crippen LogP) is 3.83. The molecule has 0 amide bonds. The van der Waals surface area contributed by atoms with Gasteiger partial charge in [0.25, 0.3) is 0 Å². The monoisotopic (exact) mass is 269 g/mol. The molecule has 0 spiro atoms. The highest BCUT2D eigenvalue weighted by Gasteiger charge is 2.13. The molecular formula is C14H27N3S. The smallest absolute Gasteiger partial charge is 0.185 e. The second-order valence-corrected chi connectivity index (χ2v) is 5.79. The third kappa shape index (κ3) is 4.58. The average Bonchev–Trinajstić information content (AvgIpc) is 2.87. The van der Waals surface area contributed by atoms with E-state index in [1.807, 2.05) is 24.6 Å². The van der Waals surface area contributed by atoms with E-state index < -0.39 is 0 Å². The van der Waals surface area contributed by atoms with Crippen molar-refractivity contribution in [2.75, 3.05) is 25.0 Å². The SMILES string of the molecule is CCCCN(CCCC)c1ncc(C(C)NC)s1. The van der Waals surface area contributed by atoms with E-state index in [1.54, 1.807) is 0 Å². The number of nitrogens with one attached hydrogen (secondary N) is 1. The lowest BCUT2D eigenvalue weighted by atomic mass is 10.3. The van der Waals surface area contributed by atoms with E-state index in [0.29, 0.717) is 6.04 Å². The summed E-state index contributed by atoms with van der Waals surface area (Å²) >= 11 is 1.83. The van der Waals surface area contributed by atoms with Gasteiger partial charge in [-0.2, -0.15) is 0 Å². The minimum absolute atomic E-state index is 0.399. The molecule has 1 aromatic rings. The second-order valence-electron chi connectivity index (χ2n) is 4.75. The maximum Gasteiger partial charge on any atom is 0.185 e. The van der Waals surface area contributed by atoms with Gasteiger partial charge in [0.05, 0.1) is 0 Å². The normalized spacial score (nSPS) is 12.7. The molecule has 1 rings (SSSR count). The summed E-state index contributed by atoms with van der Waals surface area (Å²) in [7, 11) is 2.00. The Morgan fingerprint density at radius 1 is 1.28 bits per heavy atom. The number of hydrogen-bond acceptors (Lipinski definition) is 4. The molecule has 1 aromatic heterocycles. The van der Waals surface area contributed by atoms with Crippen molar-refractivity contribution in [3.63, 3.8) is 0 Å². The number of hydrogen-bond donors (Lipinski definition) is 1. The maximum atomic E-state index is 4.60. The number of thiazole rings is 1. The first kappa shape index (κ1) is 15.4. The summed E-state index contributed by atoms with van der Waals surface area (Å²) in [5.41, 5.74) is 0. The standard InChI is InChI=1S/C14H27N3S/c1-5-7-9-17(10-8-6-2)14-16-11-13(18-14)12(3)15-4/h11-12,15H,5-10H2,1-4H3. The van der Waals surface area contributed by atoms with Crippen molar-refractivity contribution in [1.29, 1.82) is 0 Å². The van der Waals surface area contributed by atoms with Gasteiger partial charge >= 0.3 is 0 Å². The molecule has 0 fully saturated rings. The number of rotatable bonds is 9. The lowest BCUT2D eigenvalue weighted by Crippen LogP contribution is -2.25. The predicted molar refractivity (Wildman–Crippen MR) is 81.6 cm³/mol. The first-order valence-corrected chi connectivity index (χ1v) is 7.92. The van der Waals surface area contributed by atoms with E-state index in [4.69, 9.17) is 0 Å². The summed E-state index contributed by atoms with van der Waals surface area (Å²) in [5.74, 6) is 0. The summed E-state index contributed by atoms with van der Waals surface area (Å²) in [4.78, 5) is 8.37. The van der Waals surface area contributed by atoms with E-state index in [0.717, 1.165) is 13.1 Å². The van der Waals surface area contributed by atoms with E-state index in [1.165, 1.54) is 35.7 Å². The van der Waals surface area contributed by atoms with E-state index in [2.05, 4.69) is 36.0 Å². The highest BCUT2D eigenvalue weighted by molar-refractivity contribution is 7.15. The minimum Gasteiger partial charge on any atom is -0.348 e. The van der Waals surface area contributed by atoms with Crippen molar-refractivity contribution in [3.8, 4) is 0 Å². The molecule has 0 aliphatic rings. The fourth-order valence-corrected chi connectivity index (χ4v) is 2.79. The lowest BCUT2D eigenvalue weighted by molar-refractivity contribution is 0.662. The van der Waals surface area contributed by atoms with Gasteiger partial charge in [0, 0.05) is 30.2 Å². The Kier molecular flexibility index (Phi) is 7.28. The molecule has 0 aliphatic carbocycles. The third-order valence-corrected chi connectivity index (χ3v) is 4.45. The van der Waals surface area contributed by atoms with Gasteiger partial charge in [-0.25, -0.2) is 4.98 Å². The van der Waals surface area contributed by atoms with Gasteiger partial charge < -0.3 is 10.2 Å². The largest absolute Gasteiger partial charge is 0.348 e. The Bertz CT molecular complexity index is 317. The van der Waals surface area contributed by atoms with Gasteiger partial charge in [-0.1, -0.05) is 26.7 Å². The van der Waals surface area contributed by atoms with Crippen LogP contribution in [0, 0.1) is 0 Å². The van der Waals surface area contributed by atoms with Crippen molar-refractivity contribution in [1.82, 2.24) is 10.3 Å². The van der Waals surface area contributed by atoms with Crippen LogP contribution in [0.15, 0.2) is 6.20 Å². The van der Waals surface area contributed by atoms with Crippen LogP contribution in [0.4, 0.5) is 5.13 Å². The van der Waals surface area contributed by atoms with Crippen LogP contribution >= 0.6 is 11.3 Å². The summed E-state index contributed by atoms with van der Waals surface area (Å²) < 4.78 is 0. The van der Waals surface area contributed by atoms with Crippen molar-refractivity contribution >= 4 is 16.5 Å². The molecule has 0 aliphatic heterocycles. The molecule has 3 nitrogen and oxygen atoms in total. The van der Waals surface area contributed by atoms with Crippen LogP contribution in [0.2, 0.25) is 0 Å². The highest BCUT2D eigenvalue weighted by Crippen LogP contribution is 2.27. The Morgan fingerprint density at radius 3 is 2.39 bits per heavy atom. The first-order chi connectivity index (χ1) is 8.72. The Morgan fingerprint density at radius 2 is 1.89 bits per heavy atom. The molecule has 18 heavy (non-hydrogen) atoms. The average molecular weight is 269 g/mol. The number of aromatic nitrogens is 1. The fraction of sp³-hybridized carbons (Fsp3) is 0.786. The molecule has 0 saturated heterocycles. The second kappa shape index (κ2) is 8.48. The molecule has 0 aromatic carbocycles. The zero-order valence-corrected chi connectivity index (χ0v) is 13.0. The van der Waals surface area contributed by atoms with Crippen LogP contribution < -0.4 is 10.2 Å². The van der Waals surface area contributed by atoms with Gasteiger partial charge in [0.15, 0.2) is 5.13 Å². The molecule has 1 atom stereocenters. The number of anilines is 1. The zero-order valence-electron chi connectivity index (χ0n) is 12.2. The highest BCUT2D eigenvalue weighted by atomic mass is 32.1. The van der Waals surface area contributed by atoms with Crippen LogP contribution in [-0.2, 0) is 0 Å². The summed E-state index contributed by atoms with van der Waals surface area (Å²) in [5, 5.41) is 4.46. The quantitative estimate of drug-likeness (QED) is 0.738. The van der Waals surface area contributed by atoms with E-state index >= 15 is 0 Å². The third-order valence-electron chi connectivity index (χ3n) is 3.20. The van der Waals surface area contributed by atoms with Gasteiger partial charge in [-0.15, -0.1) is 11.3 Å².